The number of nitrogens with one attached hydrogen (secondary N) is 1. The SMILES string of the molecule is CC(NS(=O)(=O)c1ccc(Cl)nc1)c1cccnc1. The monoisotopic (exact) mass is 297 g/mol. The van der Waals surface area contributed by atoms with Gasteiger partial charge in [0.05, 0.1) is 0 Å². The maximum Gasteiger partial charge on any atom is 0.242 e. The van der Waals surface area contributed by atoms with E-state index in [0.717, 1.165) is 5.56 Å². The quantitative estimate of drug-likeness (QED) is 0.878. The fourth-order valence-corrected chi connectivity index (χ4v) is 2.81. The third-order valence-electron chi connectivity index (χ3n) is 2.53. The second-order valence-corrected chi connectivity index (χ2v) is 6.05. The normalized spacial score (nSPS) is 13.2. The van der Waals surface area contributed by atoms with Crippen LogP contribution in [0.5, 0.6) is 0 Å². The van der Waals surface area contributed by atoms with Crippen molar-refractivity contribution in [3.63, 3.8) is 0 Å². The van der Waals surface area contributed by atoms with E-state index in [0.29, 0.717) is 0 Å². The van der Waals surface area contributed by atoms with E-state index in [1.54, 1.807) is 31.5 Å². The van der Waals surface area contributed by atoms with Gasteiger partial charge in [-0.3, -0.25) is 4.98 Å². The van der Waals surface area contributed by atoms with Gasteiger partial charge in [-0.1, -0.05) is 17.7 Å². The molecule has 0 saturated heterocycles. The second-order valence-electron chi connectivity index (χ2n) is 3.95. The lowest BCUT2D eigenvalue weighted by Gasteiger charge is -2.14. The van der Waals surface area contributed by atoms with E-state index in [9.17, 15) is 8.42 Å². The highest BCUT2D eigenvalue weighted by atomic mass is 35.5. The number of hydrogen-bond donors (Lipinski definition) is 1. The Kier molecular flexibility index (Phi) is 4.14. The molecular formula is C12H12ClN3O2S. The molecule has 0 aliphatic carbocycles. The molecule has 19 heavy (non-hydrogen) atoms. The van der Waals surface area contributed by atoms with Gasteiger partial charge < -0.3 is 0 Å². The Morgan fingerprint density at radius 2 is 2.05 bits per heavy atom. The van der Waals surface area contributed by atoms with Crippen LogP contribution in [-0.4, -0.2) is 18.4 Å². The van der Waals surface area contributed by atoms with Gasteiger partial charge in [0.2, 0.25) is 10.0 Å². The first-order chi connectivity index (χ1) is 8.99. The van der Waals surface area contributed by atoms with Gasteiger partial charge in [0.15, 0.2) is 0 Å². The van der Waals surface area contributed by atoms with E-state index < -0.39 is 10.0 Å². The van der Waals surface area contributed by atoms with Crippen molar-refractivity contribution in [2.24, 2.45) is 0 Å². The highest BCUT2D eigenvalue weighted by Gasteiger charge is 2.18. The molecule has 2 aromatic heterocycles. The Morgan fingerprint density at radius 1 is 1.26 bits per heavy atom. The van der Waals surface area contributed by atoms with Crippen molar-refractivity contribution in [1.29, 1.82) is 0 Å². The van der Waals surface area contributed by atoms with Crippen LogP contribution in [0.25, 0.3) is 0 Å². The first-order valence-corrected chi connectivity index (χ1v) is 7.39. The van der Waals surface area contributed by atoms with Gasteiger partial charge in [0, 0.05) is 24.6 Å². The summed E-state index contributed by atoms with van der Waals surface area (Å²) >= 11 is 5.63. The molecule has 0 aromatic carbocycles. The fraction of sp³-hybridized carbons (Fsp3) is 0.167. The molecule has 7 heteroatoms. The minimum atomic E-state index is -3.62. The van der Waals surface area contributed by atoms with Gasteiger partial charge in [0.25, 0.3) is 0 Å². The topological polar surface area (TPSA) is 72.0 Å². The van der Waals surface area contributed by atoms with Gasteiger partial charge >= 0.3 is 0 Å². The van der Waals surface area contributed by atoms with E-state index in [4.69, 9.17) is 11.6 Å². The van der Waals surface area contributed by atoms with Crippen molar-refractivity contribution < 1.29 is 8.42 Å². The maximum atomic E-state index is 12.1. The zero-order valence-electron chi connectivity index (χ0n) is 10.1. The van der Waals surface area contributed by atoms with Crippen molar-refractivity contribution in [3.05, 3.63) is 53.6 Å². The lowest BCUT2D eigenvalue weighted by atomic mass is 10.2. The largest absolute Gasteiger partial charge is 0.264 e. The predicted octanol–water partition coefficient (Wildman–Crippen LogP) is 2.17. The molecule has 100 valence electrons. The lowest BCUT2D eigenvalue weighted by molar-refractivity contribution is 0.566. The van der Waals surface area contributed by atoms with Crippen LogP contribution in [0.2, 0.25) is 5.15 Å². The summed E-state index contributed by atoms with van der Waals surface area (Å²) in [6.45, 7) is 1.75. The number of halogens is 1. The molecule has 1 N–H and O–H groups in total. The van der Waals surface area contributed by atoms with Gasteiger partial charge in [-0.15, -0.1) is 0 Å². The number of rotatable bonds is 4. The van der Waals surface area contributed by atoms with Gasteiger partial charge in [-0.2, -0.15) is 0 Å². The molecule has 0 radical (unpaired) electrons. The third kappa shape index (κ3) is 3.50. The number of nitrogens with zero attached hydrogens (tertiary/aromatic N) is 2. The summed E-state index contributed by atoms with van der Waals surface area (Å²) in [5, 5.41) is 0.249. The first kappa shape index (κ1) is 13.9. The second kappa shape index (κ2) is 5.64. The van der Waals surface area contributed by atoms with Crippen molar-refractivity contribution in [3.8, 4) is 0 Å². The Bertz CT molecular complexity index is 644. The number of hydrogen-bond acceptors (Lipinski definition) is 4. The Morgan fingerprint density at radius 3 is 2.63 bits per heavy atom. The van der Waals surface area contributed by atoms with E-state index in [1.165, 1.54) is 18.3 Å². The molecule has 1 atom stereocenters. The molecule has 5 nitrogen and oxygen atoms in total. The Balaban J connectivity index is 2.20. The summed E-state index contributed by atoms with van der Waals surface area (Å²) in [5.74, 6) is 0. The van der Waals surface area contributed by atoms with E-state index in [1.807, 2.05) is 0 Å². The van der Waals surface area contributed by atoms with Crippen LogP contribution >= 0.6 is 11.6 Å². The smallest absolute Gasteiger partial charge is 0.242 e. The molecule has 2 heterocycles. The summed E-state index contributed by atoms with van der Waals surface area (Å²) < 4.78 is 26.8. The minimum absolute atomic E-state index is 0.0765. The van der Waals surface area contributed by atoms with Gasteiger partial charge in [-0.25, -0.2) is 18.1 Å². The molecule has 0 amide bonds. The number of pyridine rings is 2. The fourth-order valence-electron chi connectivity index (χ4n) is 1.52. The highest BCUT2D eigenvalue weighted by Crippen LogP contribution is 2.16. The van der Waals surface area contributed by atoms with Crippen LogP contribution < -0.4 is 4.72 Å². The van der Waals surface area contributed by atoms with Crippen LogP contribution in [0.15, 0.2) is 47.8 Å². The summed E-state index contributed by atoms with van der Waals surface area (Å²) in [7, 11) is -3.62. The zero-order valence-corrected chi connectivity index (χ0v) is 11.7. The Labute approximate surface area is 116 Å². The average molecular weight is 298 g/mol. The summed E-state index contributed by atoms with van der Waals surface area (Å²) in [6.07, 6.45) is 4.47. The molecular weight excluding hydrogens is 286 g/mol. The van der Waals surface area contributed by atoms with Crippen LogP contribution in [0.3, 0.4) is 0 Å². The highest BCUT2D eigenvalue weighted by molar-refractivity contribution is 7.89. The zero-order chi connectivity index (χ0) is 13.9. The predicted molar refractivity (Wildman–Crippen MR) is 72.2 cm³/mol. The number of aromatic nitrogens is 2. The molecule has 0 saturated carbocycles. The van der Waals surface area contributed by atoms with Crippen molar-refractivity contribution in [2.45, 2.75) is 17.9 Å². The Hall–Kier alpha value is -1.50. The van der Waals surface area contributed by atoms with Gasteiger partial charge in [0.1, 0.15) is 10.0 Å². The third-order valence-corrected chi connectivity index (χ3v) is 4.28. The molecule has 0 spiro atoms. The van der Waals surface area contributed by atoms with Crippen LogP contribution in [0.1, 0.15) is 18.5 Å². The maximum absolute atomic E-state index is 12.1. The standard InChI is InChI=1S/C12H12ClN3O2S/c1-9(10-3-2-6-14-7-10)16-19(17,18)11-4-5-12(13)15-8-11/h2-9,16H,1H3. The van der Waals surface area contributed by atoms with Crippen LogP contribution in [0.4, 0.5) is 0 Å². The van der Waals surface area contributed by atoms with Crippen LogP contribution in [-0.2, 0) is 10.0 Å². The molecule has 0 aliphatic heterocycles. The van der Waals surface area contributed by atoms with E-state index in [-0.39, 0.29) is 16.1 Å². The molecule has 0 bridgehead atoms. The van der Waals surface area contributed by atoms with Crippen molar-refractivity contribution >= 4 is 21.6 Å². The molecule has 2 rings (SSSR count). The van der Waals surface area contributed by atoms with Crippen molar-refractivity contribution in [1.82, 2.24) is 14.7 Å². The molecule has 2 aromatic rings. The summed E-state index contributed by atoms with van der Waals surface area (Å²) in [4.78, 5) is 7.79. The van der Waals surface area contributed by atoms with E-state index in [2.05, 4.69) is 14.7 Å². The molecule has 0 fully saturated rings. The minimum Gasteiger partial charge on any atom is -0.264 e. The van der Waals surface area contributed by atoms with Crippen LogP contribution in [0, 0.1) is 0 Å². The number of sulfonamides is 1. The summed E-state index contributed by atoms with van der Waals surface area (Å²) in [6, 6.07) is 6.03. The van der Waals surface area contributed by atoms with Gasteiger partial charge in [-0.05, 0) is 30.7 Å². The van der Waals surface area contributed by atoms with E-state index >= 15 is 0 Å². The average Bonchev–Trinajstić information content (AvgIpc) is 2.40. The first-order valence-electron chi connectivity index (χ1n) is 5.53. The molecule has 0 aliphatic rings. The molecule has 1 unspecified atom stereocenters. The van der Waals surface area contributed by atoms with Crippen molar-refractivity contribution in [2.75, 3.05) is 0 Å². The lowest BCUT2D eigenvalue weighted by Crippen LogP contribution is -2.27. The summed E-state index contributed by atoms with van der Waals surface area (Å²) in [5.41, 5.74) is 0.785.